The Balaban J connectivity index is 1.69. The zero-order chi connectivity index (χ0) is 21.1. The highest BCUT2D eigenvalue weighted by Crippen LogP contribution is 2.44. The van der Waals surface area contributed by atoms with Crippen LogP contribution in [0.25, 0.3) is 10.1 Å². The van der Waals surface area contributed by atoms with Gasteiger partial charge < -0.3 is 9.64 Å². The molecular weight excluding hydrogens is 484 g/mol. The maximum absolute atomic E-state index is 13.6. The van der Waals surface area contributed by atoms with Crippen molar-refractivity contribution in [2.45, 2.75) is 24.7 Å². The minimum atomic E-state index is -3.67. The number of halogens is 1. The van der Waals surface area contributed by atoms with Gasteiger partial charge in [-0.2, -0.15) is 0 Å². The molecule has 1 aliphatic rings. The number of hydrogen-bond donors (Lipinski definition) is 0. The number of nitrogens with zero attached hydrogens (tertiary/aromatic N) is 2. The quantitative estimate of drug-likeness (QED) is 0.422. The van der Waals surface area contributed by atoms with E-state index in [0.717, 1.165) is 51.2 Å². The van der Waals surface area contributed by atoms with E-state index in [4.69, 9.17) is 4.74 Å². The van der Waals surface area contributed by atoms with Crippen LogP contribution in [0.1, 0.15) is 19.8 Å². The predicted molar refractivity (Wildman–Crippen MR) is 128 cm³/mol. The Morgan fingerprint density at radius 2 is 1.80 bits per heavy atom. The second-order valence-corrected chi connectivity index (χ2v) is 10.9. The van der Waals surface area contributed by atoms with E-state index < -0.39 is 10.0 Å². The number of fused-ring (bicyclic) bond motifs is 1. The van der Waals surface area contributed by atoms with Crippen LogP contribution in [0.4, 0.5) is 10.7 Å². The number of ether oxygens (including phenoxy) is 1. The van der Waals surface area contributed by atoms with Crippen molar-refractivity contribution in [3.63, 3.8) is 0 Å². The molecule has 1 aromatic heterocycles. The van der Waals surface area contributed by atoms with Crippen LogP contribution in [-0.4, -0.2) is 41.3 Å². The highest BCUT2D eigenvalue weighted by atomic mass is 79.9. The number of benzene rings is 2. The van der Waals surface area contributed by atoms with Gasteiger partial charge in [-0.1, -0.05) is 31.5 Å². The average Bonchev–Trinajstić information content (AvgIpc) is 3.11. The third-order valence-electron chi connectivity index (χ3n) is 5.26. The topological polar surface area (TPSA) is 49.9 Å². The summed E-state index contributed by atoms with van der Waals surface area (Å²) < 4.78 is 36.1. The van der Waals surface area contributed by atoms with Crippen LogP contribution in [-0.2, 0) is 14.8 Å². The maximum Gasteiger partial charge on any atom is 0.264 e. The first kappa shape index (κ1) is 21.6. The molecule has 1 saturated heterocycles. The minimum absolute atomic E-state index is 0.319. The molecule has 0 saturated carbocycles. The molecule has 2 aromatic carbocycles. The van der Waals surface area contributed by atoms with Gasteiger partial charge in [-0.15, -0.1) is 11.3 Å². The molecule has 5 nitrogen and oxygen atoms in total. The molecule has 0 N–H and O–H groups in total. The molecular formula is C22H25BrN2O3S2. The van der Waals surface area contributed by atoms with Crippen molar-refractivity contribution in [2.24, 2.45) is 0 Å². The van der Waals surface area contributed by atoms with Crippen molar-refractivity contribution in [2.75, 3.05) is 42.1 Å². The van der Waals surface area contributed by atoms with E-state index in [0.29, 0.717) is 24.7 Å². The smallest absolute Gasteiger partial charge is 0.264 e. The number of anilines is 2. The summed E-state index contributed by atoms with van der Waals surface area (Å²) in [7, 11) is -3.67. The fourth-order valence-electron chi connectivity index (χ4n) is 3.57. The minimum Gasteiger partial charge on any atom is -0.378 e. The number of unbranched alkanes of at least 4 members (excludes halogenated alkanes) is 1. The molecule has 0 radical (unpaired) electrons. The van der Waals surface area contributed by atoms with Crippen LogP contribution in [0.15, 0.2) is 57.9 Å². The molecule has 0 bridgehead atoms. The summed E-state index contributed by atoms with van der Waals surface area (Å²) in [6.07, 6.45) is 1.72. The lowest BCUT2D eigenvalue weighted by atomic mass is 10.2. The number of thiophene rings is 1. The summed E-state index contributed by atoms with van der Waals surface area (Å²) >= 11 is 5.17. The Morgan fingerprint density at radius 1 is 1.10 bits per heavy atom. The Bertz CT molecular complexity index is 1110. The number of morpholine rings is 1. The molecule has 0 aliphatic carbocycles. The van der Waals surface area contributed by atoms with E-state index in [1.807, 2.05) is 36.4 Å². The van der Waals surface area contributed by atoms with Crippen molar-refractivity contribution in [3.8, 4) is 0 Å². The lowest BCUT2D eigenvalue weighted by Gasteiger charge is -2.29. The van der Waals surface area contributed by atoms with Gasteiger partial charge in [-0.05, 0) is 52.7 Å². The molecule has 8 heteroatoms. The van der Waals surface area contributed by atoms with Crippen molar-refractivity contribution in [1.82, 2.24) is 0 Å². The van der Waals surface area contributed by atoms with Crippen LogP contribution in [0.5, 0.6) is 0 Å². The van der Waals surface area contributed by atoms with E-state index in [-0.39, 0.29) is 0 Å². The normalized spacial score (nSPS) is 14.9. The predicted octanol–water partition coefficient (Wildman–Crippen LogP) is 5.50. The Kier molecular flexibility index (Phi) is 6.67. The molecule has 0 unspecified atom stereocenters. The monoisotopic (exact) mass is 508 g/mol. The SMILES string of the molecule is CCCCN(c1sc2ccccc2c1Br)S(=O)(=O)c1ccc(N2CCOCC2)cc1. The molecule has 160 valence electrons. The van der Waals surface area contributed by atoms with Gasteiger partial charge in [0.05, 0.1) is 22.6 Å². The molecule has 3 aromatic rings. The number of hydrogen-bond acceptors (Lipinski definition) is 5. The molecule has 1 aliphatic heterocycles. The summed E-state index contributed by atoms with van der Waals surface area (Å²) in [5, 5.41) is 1.78. The van der Waals surface area contributed by atoms with E-state index in [9.17, 15) is 8.42 Å². The van der Waals surface area contributed by atoms with E-state index in [1.54, 1.807) is 16.4 Å². The molecule has 0 atom stereocenters. The van der Waals surface area contributed by atoms with Gasteiger partial charge in [0.15, 0.2) is 0 Å². The highest BCUT2D eigenvalue weighted by molar-refractivity contribution is 9.10. The van der Waals surface area contributed by atoms with Crippen molar-refractivity contribution in [1.29, 1.82) is 0 Å². The van der Waals surface area contributed by atoms with E-state index in [2.05, 4.69) is 27.8 Å². The van der Waals surface area contributed by atoms with Gasteiger partial charge >= 0.3 is 0 Å². The average molecular weight is 509 g/mol. The zero-order valence-electron chi connectivity index (χ0n) is 16.9. The Hall–Kier alpha value is -1.61. The summed E-state index contributed by atoms with van der Waals surface area (Å²) in [4.78, 5) is 2.54. The first-order valence-electron chi connectivity index (χ1n) is 10.1. The van der Waals surface area contributed by atoms with Gasteiger partial charge in [-0.25, -0.2) is 8.42 Å². The zero-order valence-corrected chi connectivity index (χ0v) is 20.1. The first-order chi connectivity index (χ1) is 14.5. The van der Waals surface area contributed by atoms with Crippen molar-refractivity contribution >= 4 is 58.1 Å². The number of sulfonamides is 1. The maximum atomic E-state index is 13.6. The van der Waals surface area contributed by atoms with Crippen LogP contribution >= 0.6 is 27.3 Å². The Morgan fingerprint density at radius 3 is 2.47 bits per heavy atom. The standard InChI is InChI=1S/C22H25BrN2O3S2/c1-2-3-12-25(22-21(23)19-6-4-5-7-20(19)29-22)30(26,27)18-10-8-17(9-11-18)24-13-15-28-16-14-24/h4-11H,2-3,12-16H2,1H3. The summed E-state index contributed by atoms with van der Waals surface area (Å²) in [5.41, 5.74) is 1.03. The fraction of sp³-hybridized carbons (Fsp3) is 0.364. The van der Waals surface area contributed by atoms with Gasteiger partial charge in [0.2, 0.25) is 0 Å². The van der Waals surface area contributed by atoms with Crippen LogP contribution in [0, 0.1) is 0 Å². The van der Waals surface area contributed by atoms with Gasteiger partial charge in [-0.3, -0.25) is 4.31 Å². The van der Waals surface area contributed by atoms with Gasteiger partial charge in [0.1, 0.15) is 5.00 Å². The summed E-state index contributed by atoms with van der Waals surface area (Å²) in [6, 6.07) is 15.2. The molecule has 4 rings (SSSR count). The molecule has 2 heterocycles. The van der Waals surface area contributed by atoms with Crippen LogP contribution in [0.3, 0.4) is 0 Å². The fourth-order valence-corrected chi connectivity index (χ4v) is 7.47. The molecule has 0 spiro atoms. The first-order valence-corrected chi connectivity index (χ1v) is 13.2. The third-order valence-corrected chi connectivity index (χ3v) is 9.45. The number of rotatable bonds is 7. The van der Waals surface area contributed by atoms with E-state index >= 15 is 0 Å². The molecule has 1 fully saturated rings. The Labute approximate surface area is 190 Å². The second kappa shape index (κ2) is 9.26. The lowest BCUT2D eigenvalue weighted by molar-refractivity contribution is 0.122. The van der Waals surface area contributed by atoms with Crippen LogP contribution in [0.2, 0.25) is 0 Å². The van der Waals surface area contributed by atoms with Gasteiger partial charge in [0, 0.05) is 35.4 Å². The van der Waals surface area contributed by atoms with Crippen LogP contribution < -0.4 is 9.21 Å². The second-order valence-electron chi connectivity index (χ2n) is 7.24. The van der Waals surface area contributed by atoms with Crippen molar-refractivity contribution < 1.29 is 13.2 Å². The van der Waals surface area contributed by atoms with Crippen molar-refractivity contribution in [3.05, 3.63) is 53.0 Å². The van der Waals surface area contributed by atoms with Gasteiger partial charge in [0.25, 0.3) is 10.0 Å². The molecule has 0 amide bonds. The third kappa shape index (κ3) is 4.23. The molecule has 30 heavy (non-hydrogen) atoms. The summed E-state index contributed by atoms with van der Waals surface area (Å²) in [5.74, 6) is 0. The summed E-state index contributed by atoms with van der Waals surface area (Å²) in [6.45, 7) is 5.57. The lowest BCUT2D eigenvalue weighted by Crippen LogP contribution is -2.36. The van der Waals surface area contributed by atoms with E-state index in [1.165, 1.54) is 11.3 Å². The largest absolute Gasteiger partial charge is 0.378 e. The highest BCUT2D eigenvalue weighted by Gasteiger charge is 2.28.